The Labute approximate surface area is 156 Å². The van der Waals surface area contributed by atoms with Crippen molar-refractivity contribution in [2.75, 3.05) is 6.61 Å². The number of nitrogens with one attached hydrogen (secondary N) is 1. The van der Waals surface area contributed by atoms with E-state index in [0.717, 1.165) is 47.9 Å². The van der Waals surface area contributed by atoms with Crippen LogP contribution in [0.15, 0.2) is 28.4 Å². The maximum atomic E-state index is 11.7. The van der Waals surface area contributed by atoms with Crippen molar-refractivity contribution >= 4 is 35.0 Å². The van der Waals surface area contributed by atoms with Crippen LogP contribution in [0.4, 0.5) is 0 Å². The van der Waals surface area contributed by atoms with Crippen LogP contribution in [0.2, 0.25) is 0 Å². The molecule has 1 amide bonds. The Morgan fingerprint density at radius 2 is 2.23 bits per heavy atom. The number of ether oxygens (including phenoxy) is 1. The number of nitrogens with zero attached hydrogens (tertiary/aromatic N) is 2. The summed E-state index contributed by atoms with van der Waals surface area (Å²) in [6.45, 7) is 4.77. The van der Waals surface area contributed by atoms with Crippen LogP contribution in [0.25, 0.3) is 0 Å². The first-order valence-electron chi connectivity index (χ1n) is 8.53. The van der Waals surface area contributed by atoms with Gasteiger partial charge in [-0.25, -0.2) is 0 Å². The second kappa shape index (κ2) is 9.96. The van der Waals surface area contributed by atoms with Crippen LogP contribution in [0.3, 0.4) is 0 Å². The van der Waals surface area contributed by atoms with E-state index in [-0.39, 0.29) is 12.3 Å². The lowest BCUT2D eigenvalue weighted by atomic mass is 10.1. The Kier molecular flexibility index (Phi) is 7.65. The maximum Gasteiger partial charge on any atom is 0.305 e. The summed E-state index contributed by atoms with van der Waals surface area (Å²) in [6.07, 6.45) is 4.59. The molecule has 1 saturated heterocycles. The molecule has 0 aromatic heterocycles. The number of benzene rings is 1. The Balaban J connectivity index is 2.02. The molecule has 2 N–H and O–H groups in total. The van der Waals surface area contributed by atoms with Gasteiger partial charge in [0.2, 0.25) is 5.91 Å². The van der Waals surface area contributed by atoms with Gasteiger partial charge in [0.15, 0.2) is 5.17 Å². The highest BCUT2D eigenvalue weighted by Crippen LogP contribution is 2.23. The summed E-state index contributed by atoms with van der Waals surface area (Å²) in [4.78, 5) is 22.4. The first kappa shape index (κ1) is 20.0. The Morgan fingerprint density at radius 3 is 2.96 bits per heavy atom. The second-order valence-electron chi connectivity index (χ2n) is 5.94. The molecule has 1 unspecified atom stereocenters. The first-order valence-corrected chi connectivity index (χ1v) is 9.41. The molecule has 1 aromatic rings. The summed E-state index contributed by atoms with van der Waals surface area (Å²) in [5.41, 5.74) is 1.88. The van der Waals surface area contributed by atoms with Gasteiger partial charge in [0.1, 0.15) is 11.0 Å². The number of thioether (sulfide) groups is 1. The molecule has 0 aliphatic carbocycles. The quantitative estimate of drug-likeness (QED) is 0.391. The monoisotopic (exact) mass is 377 g/mol. The standard InChI is InChI=1S/C18H23N3O4S/c1-3-4-5-8-25-14-7-6-12(2)9-13(14)11-19-21-18-20-17(24)15(26-18)10-16(22)23/h6-7,9,11,15H,3-5,8,10H2,1-2H3,(H,22,23)(H,20,21,24). The largest absolute Gasteiger partial charge is 0.493 e. The van der Waals surface area contributed by atoms with Gasteiger partial charge >= 0.3 is 5.97 Å². The first-order chi connectivity index (χ1) is 12.5. The van der Waals surface area contributed by atoms with Crippen molar-refractivity contribution in [3.05, 3.63) is 29.3 Å². The maximum absolute atomic E-state index is 11.7. The van der Waals surface area contributed by atoms with Crippen LogP contribution in [0.5, 0.6) is 5.75 Å². The van der Waals surface area contributed by atoms with Crippen molar-refractivity contribution in [1.82, 2.24) is 5.32 Å². The van der Waals surface area contributed by atoms with Crippen molar-refractivity contribution < 1.29 is 19.4 Å². The molecule has 2 rings (SSSR count). The van der Waals surface area contributed by atoms with E-state index in [1.165, 1.54) is 0 Å². The SMILES string of the molecule is CCCCCOc1ccc(C)cc1C=NN=C1NC(=O)C(CC(=O)O)S1. The molecule has 1 aromatic carbocycles. The fraction of sp³-hybridized carbons (Fsp3) is 0.444. The summed E-state index contributed by atoms with van der Waals surface area (Å²) in [7, 11) is 0. The van der Waals surface area contributed by atoms with E-state index in [4.69, 9.17) is 9.84 Å². The van der Waals surface area contributed by atoms with E-state index in [1.54, 1.807) is 6.21 Å². The average molecular weight is 377 g/mol. The number of unbranched alkanes of at least 4 members (excludes halogenated alkanes) is 2. The number of rotatable bonds is 9. The number of amidine groups is 1. The number of aryl methyl sites for hydroxylation is 1. The molecule has 1 heterocycles. The van der Waals surface area contributed by atoms with Gasteiger partial charge in [-0.3, -0.25) is 9.59 Å². The number of carbonyl (C=O) groups is 2. The van der Waals surface area contributed by atoms with E-state index >= 15 is 0 Å². The van der Waals surface area contributed by atoms with Gasteiger partial charge in [-0.15, -0.1) is 5.10 Å². The predicted molar refractivity (Wildman–Crippen MR) is 103 cm³/mol. The van der Waals surface area contributed by atoms with E-state index in [0.29, 0.717) is 11.8 Å². The zero-order valence-electron chi connectivity index (χ0n) is 14.9. The van der Waals surface area contributed by atoms with Gasteiger partial charge in [0.25, 0.3) is 0 Å². The Morgan fingerprint density at radius 1 is 1.42 bits per heavy atom. The minimum atomic E-state index is -1.02. The molecular weight excluding hydrogens is 354 g/mol. The number of hydrogen-bond donors (Lipinski definition) is 2. The summed E-state index contributed by atoms with van der Waals surface area (Å²) in [5, 5.41) is 18.9. The fourth-order valence-electron chi connectivity index (χ4n) is 2.32. The van der Waals surface area contributed by atoms with Gasteiger partial charge in [-0.2, -0.15) is 5.10 Å². The van der Waals surface area contributed by atoms with Gasteiger partial charge in [0, 0.05) is 5.56 Å². The molecule has 140 valence electrons. The third kappa shape index (κ3) is 6.18. The van der Waals surface area contributed by atoms with Crippen molar-refractivity contribution in [2.24, 2.45) is 10.2 Å². The van der Waals surface area contributed by atoms with Crippen molar-refractivity contribution in [3.8, 4) is 5.75 Å². The Bertz CT molecular complexity index is 718. The molecule has 26 heavy (non-hydrogen) atoms. The number of carboxylic acids is 1. The van der Waals surface area contributed by atoms with Crippen molar-refractivity contribution in [1.29, 1.82) is 0 Å². The number of aliphatic carboxylic acids is 1. The Hall–Kier alpha value is -2.35. The molecule has 1 atom stereocenters. The predicted octanol–water partition coefficient (Wildman–Crippen LogP) is 2.96. The van der Waals surface area contributed by atoms with Crippen LogP contribution in [-0.4, -0.2) is 40.2 Å². The van der Waals surface area contributed by atoms with Gasteiger partial charge in [0.05, 0.1) is 19.2 Å². The molecule has 7 nitrogen and oxygen atoms in total. The molecule has 1 fully saturated rings. The summed E-state index contributed by atoms with van der Waals surface area (Å²) in [6, 6.07) is 5.83. The normalized spacial score (nSPS) is 18.5. The highest BCUT2D eigenvalue weighted by Gasteiger charge is 2.32. The van der Waals surface area contributed by atoms with Crippen LogP contribution in [0, 0.1) is 6.92 Å². The van der Waals surface area contributed by atoms with Crippen molar-refractivity contribution in [3.63, 3.8) is 0 Å². The van der Waals surface area contributed by atoms with Crippen LogP contribution >= 0.6 is 11.8 Å². The average Bonchev–Trinajstić information content (AvgIpc) is 2.92. The van der Waals surface area contributed by atoms with E-state index < -0.39 is 11.2 Å². The fourth-order valence-corrected chi connectivity index (χ4v) is 3.24. The molecule has 0 radical (unpaired) electrons. The third-order valence-electron chi connectivity index (χ3n) is 3.65. The van der Waals surface area contributed by atoms with E-state index in [9.17, 15) is 9.59 Å². The lowest BCUT2D eigenvalue weighted by Crippen LogP contribution is -2.26. The lowest BCUT2D eigenvalue weighted by molar-refractivity contribution is -0.138. The summed E-state index contributed by atoms with van der Waals surface area (Å²) >= 11 is 1.07. The van der Waals surface area contributed by atoms with Crippen molar-refractivity contribution in [2.45, 2.75) is 44.8 Å². The summed E-state index contributed by atoms with van der Waals surface area (Å²) < 4.78 is 5.81. The molecule has 8 heteroatoms. The number of carboxylic acid groups (broad SMARTS) is 1. The minimum absolute atomic E-state index is 0.243. The van der Waals surface area contributed by atoms with Crippen LogP contribution in [-0.2, 0) is 9.59 Å². The second-order valence-corrected chi connectivity index (χ2v) is 7.13. The minimum Gasteiger partial charge on any atom is -0.493 e. The number of carbonyl (C=O) groups excluding carboxylic acids is 1. The van der Waals surface area contributed by atoms with Gasteiger partial charge < -0.3 is 15.2 Å². The van der Waals surface area contributed by atoms with Gasteiger partial charge in [-0.1, -0.05) is 43.2 Å². The molecule has 0 bridgehead atoms. The van der Waals surface area contributed by atoms with Crippen LogP contribution < -0.4 is 10.1 Å². The smallest absolute Gasteiger partial charge is 0.305 e. The highest BCUT2D eigenvalue weighted by atomic mass is 32.2. The van der Waals surface area contributed by atoms with Gasteiger partial charge in [-0.05, 0) is 25.5 Å². The topological polar surface area (TPSA) is 100 Å². The summed E-state index contributed by atoms with van der Waals surface area (Å²) in [5.74, 6) is -0.642. The highest BCUT2D eigenvalue weighted by molar-refractivity contribution is 8.15. The lowest BCUT2D eigenvalue weighted by Gasteiger charge is -2.09. The molecule has 0 saturated carbocycles. The third-order valence-corrected chi connectivity index (χ3v) is 4.72. The van der Waals surface area contributed by atoms with Crippen LogP contribution in [0.1, 0.15) is 43.7 Å². The molecule has 0 spiro atoms. The zero-order chi connectivity index (χ0) is 18.9. The molecule has 1 aliphatic rings. The zero-order valence-corrected chi connectivity index (χ0v) is 15.7. The number of amides is 1. The number of hydrogen-bond acceptors (Lipinski definition) is 6. The van der Waals surface area contributed by atoms with E-state index in [2.05, 4.69) is 22.4 Å². The molecule has 1 aliphatic heterocycles. The van der Waals surface area contributed by atoms with E-state index in [1.807, 2.05) is 25.1 Å². The molecular formula is C18H23N3O4S.